The number of carbonyl (C=O) groups is 1. The average molecular weight is 355 g/mol. The van der Waals surface area contributed by atoms with Crippen LogP contribution in [0.5, 0.6) is 0 Å². The molecule has 1 fully saturated rings. The molecule has 1 aliphatic heterocycles. The molecule has 1 aromatic rings. The highest BCUT2D eigenvalue weighted by molar-refractivity contribution is 9.08. The van der Waals surface area contributed by atoms with E-state index in [1.807, 2.05) is 33.8 Å². The minimum atomic E-state index is -0.436. The first-order valence-electron chi connectivity index (χ1n) is 6.84. The number of esters is 1. The van der Waals surface area contributed by atoms with E-state index in [1.54, 1.807) is 12.1 Å². The van der Waals surface area contributed by atoms with Gasteiger partial charge in [0, 0.05) is 5.33 Å². The van der Waals surface area contributed by atoms with E-state index < -0.39 is 7.12 Å². The van der Waals surface area contributed by atoms with E-state index in [0.29, 0.717) is 10.9 Å². The van der Waals surface area contributed by atoms with E-state index >= 15 is 0 Å². The van der Waals surface area contributed by atoms with Gasteiger partial charge in [0.05, 0.1) is 23.9 Å². The van der Waals surface area contributed by atoms with Crippen LogP contribution in [0.3, 0.4) is 0 Å². The average Bonchev–Trinajstić information content (AvgIpc) is 2.65. The Kier molecular flexibility index (Phi) is 4.52. The topological polar surface area (TPSA) is 44.8 Å². The Morgan fingerprint density at radius 2 is 1.81 bits per heavy atom. The number of alkyl halides is 1. The molecule has 0 unspecified atom stereocenters. The Morgan fingerprint density at radius 1 is 1.24 bits per heavy atom. The zero-order valence-electron chi connectivity index (χ0n) is 13.0. The monoisotopic (exact) mass is 354 g/mol. The first kappa shape index (κ1) is 16.5. The third-order valence-electron chi connectivity index (χ3n) is 4.22. The van der Waals surface area contributed by atoms with E-state index in [-0.39, 0.29) is 17.2 Å². The Labute approximate surface area is 134 Å². The van der Waals surface area contributed by atoms with Crippen molar-refractivity contribution >= 4 is 34.5 Å². The van der Waals surface area contributed by atoms with E-state index in [0.717, 1.165) is 11.0 Å². The minimum absolute atomic E-state index is 0.349. The van der Waals surface area contributed by atoms with Gasteiger partial charge >= 0.3 is 13.1 Å². The number of hydrogen-bond donors (Lipinski definition) is 0. The highest BCUT2D eigenvalue weighted by atomic mass is 79.9. The number of halogens is 1. The molecule has 114 valence electrons. The van der Waals surface area contributed by atoms with Crippen LogP contribution >= 0.6 is 15.9 Å². The summed E-state index contributed by atoms with van der Waals surface area (Å²) in [5.74, 6) is -0.349. The molecule has 2 rings (SSSR count). The molecule has 0 saturated carbocycles. The van der Waals surface area contributed by atoms with Crippen molar-refractivity contribution in [2.45, 2.75) is 44.2 Å². The quantitative estimate of drug-likeness (QED) is 0.475. The molecule has 0 atom stereocenters. The van der Waals surface area contributed by atoms with Gasteiger partial charge < -0.3 is 14.0 Å². The third kappa shape index (κ3) is 3.03. The lowest BCUT2D eigenvalue weighted by molar-refractivity contribution is 0.00578. The van der Waals surface area contributed by atoms with Crippen LogP contribution in [-0.2, 0) is 19.4 Å². The Morgan fingerprint density at radius 3 is 2.29 bits per heavy atom. The lowest BCUT2D eigenvalue weighted by Crippen LogP contribution is -2.41. The minimum Gasteiger partial charge on any atom is -0.465 e. The summed E-state index contributed by atoms with van der Waals surface area (Å²) in [6, 6.07) is 5.41. The Hall–Kier alpha value is -0.845. The molecule has 21 heavy (non-hydrogen) atoms. The predicted molar refractivity (Wildman–Crippen MR) is 86.1 cm³/mol. The highest BCUT2D eigenvalue weighted by Crippen LogP contribution is 2.36. The molecule has 1 saturated heterocycles. The van der Waals surface area contributed by atoms with Crippen LogP contribution in [0.1, 0.15) is 43.6 Å². The molecule has 0 N–H and O–H groups in total. The maximum Gasteiger partial charge on any atom is 0.495 e. The first-order valence-corrected chi connectivity index (χ1v) is 7.97. The second-order valence-electron chi connectivity index (χ2n) is 6.13. The van der Waals surface area contributed by atoms with Gasteiger partial charge in [-0.15, -0.1) is 0 Å². The summed E-state index contributed by atoms with van der Waals surface area (Å²) in [6.45, 7) is 8.07. The molecule has 0 spiro atoms. The molecular formula is C15H20BBrO4. The molecule has 0 aliphatic carbocycles. The van der Waals surface area contributed by atoms with Crippen molar-refractivity contribution < 1.29 is 18.8 Å². The van der Waals surface area contributed by atoms with Gasteiger partial charge in [-0.1, -0.05) is 22.0 Å². The van der Waals surface area contributed by atoms with Gasteiger partial charge in [-0.3, -0.25) is 0 Å². The number of methoxy groups -OCH3 is 1. The predicted octanol–water partition coefficient (Wildman–Crippen LogP) is 2.67. The van der Waals surface area contributed by atoms with E-state index in [9.17, 15) is 4.79 Å². The highest BCUT2D eigenvalue weighted by Gasteiger charge is 2.52. The summed E-state index contributed by atoms with van der Waals surface area (Å²) in [4.78, 5) is 11.6. The Bertz CT molecular complexity index is 541. The largest absolute Gasteiger partial charge is 0.495 e. The summed E-state index contributed by atoms with van der Waals surface area (Å²) in [6.07, 6.45) is 0. The number of hydrogen-bond acceptors (Lipinski definition) is 4. The maximum absolute atomic E-state index is 11.6. The van der Waals surface area contributed by atoms with Gasteiger partial charge in [-0.2, -0.15) is 0 Å². The molecule has 0 bridgehead atoms. The van der Waals surface area contributed by atoms with E-state index in [4.69, 9.17) is 14.0 Å². The SMILES string of the molecule is COC(=O)c1ccc(B2OC(C)(C)C(C)(C)O2)c(CBr)c1. The lowest BCUT2D eigenvalue weighted by Gasteiger charge is -2.32. The smallest absolute Gasteiger partial charge is 0.465 e. The summed E-state index contributed by atoms with van der Waals surface area (Å²) < 4.78 is 16.9. The van der Waals surface area contributed by atoms with Crippen molar-refractivity contribution in [1.29, 1.82) is 0 Å². The number of benzene rings is 1. The van der Waals surface area contributed by atoms with Crippen LogP contribution in [0.25, 0.3) is 0 Å². The standard InChI is InChI=1S/C15H20BBrO4/c1-14(2)15(3,4)21-16(20-14)12-7-6-10(13(18)19-5)8-11(12)9-17/h6-8H,9H2,1-5H3. The second-order valence-corrected chi connectivity index (χ2v) is 6.69. The summed E-state index contributed by atoms with van der Waals surface area (Å²) in [7, 11) is 0.937. The van der Waals surface area contributed by atoms with Crippen molar-refractivity contribution in [1.82, 2.24) is 0 Å². The molecule has 1 heterocycles. The fraction of sp³-hybridized carbons (Fsp3) is 0.533. The lowest BCUT2D eigenvalue weighted by atomic mass is 9.76. The van der Waals surface area contributed by atoms with Gasteiger partial charge in [0.25, 0.3) is 0 Å². The van der Waals surface area contributed by atoms with Crippen LogP contribution in [0.2, 0.25) is 0 Å². The molecule has 1 aliphatic rings. The summed E-state index contributed by atoms with van der Waals surface area (Å²) in [5, 5.41) is 0.608. The molecule has 6 heteroatoms. The van der Waals surface area contributed by atoms with Crippen LogP contribution in [0.15, 0.2) is 18.2 Å². The fourth-order valence-corrected chi connectivity index (χ4v) is 2.65. The zero-order valence-corrected chi connectivity index (χ0v) is 14.6. The van der Waals surface area contributed by atoms with Gasteiger partial charge in [0.15, 0.2) is 0 Å². The second kappa shape index (κ2) is 5.74. The van der Waals surface area contributed by atoms with Crippen molar-refractivity contribution in [2.75, 3.05) is 7.11 Å². The molecular weight excluding hydrogens is 335 g/mol. The first-order chi connectivity index (χ1) is 9.71. The molecule has 0 aromatic heterocycles. The van der Waals surface area contributed by atoms with Gasteiger partial charge in [0.1, 0.15) is 0 Å². The fourth-order valence-electron chi connectivity index (χ4n) is 2.17. The van der Waals surface area contributed by atoms with Gasteiger partial charge in [-0.25, -0.2) is 4.79 Å². The number of ether oxygens (including phenoxy) is 1. The van der Waals surface area contributed by atoms with Gasteiger partial charge in [0.2, 0.25) is 0 Å². The van der Waals surface area contributed by atoms with E-state index in [2.05, 4.69) is 15.9 Å². The van der Waals surface area contributed by atoms with Crippen LogP contribution in [0, 0.1) is 0 Å². The molecule has 0 radical (unpaired) electrons. The Balaban J connectivity index is 2.35. The normalized spacial score (nSPS) is 19.6. The van der Waals surface area contributed by atoms with Crippen LogP contribution < -0.4 is 5.46 Å². The van der Waals surface area contributed by atoms with Gasteiger partial charge in [-0.05, 0) is 50.9 Å². The molecule has 0 amide bonds. The summed E-state index contributed by atoms with van der Waals surface area (Å²) >= 11 is 3.45. The van der Waals surface area contributed by atoms with Crippen molar-refractivity contribution in [3.8, 4) is 0 Å². The van der Waals surface area contributed by atoms with Crippen LogP contribution in [-0.4, -0.2) is 31.4 Å². The number of carbonyl (C=O) groups excluding carboxylic acids is 1. The summed E-state index contributed by atoms with van der Waals surface area (Å²) in [5.41, 5.74) is 1.63. The molecule has 1 aromatic carbocycles. The number of rotatable bonds is 3. The third-order valence-corrected chi connectivity index (χ3v) is 4.82. The zero-order chi connectivity index (χ0) is 15.8. The maximum atomic E-state index is 11.6. The van der Waals surface area contributed by atoms with Crippen molar-refractivity contribution in [3.63, 3.8) is 0 Å². The van der Waals surface area contributed by atoms with Crippen molar-refractivity contribution in [2.24, 2.45) is 0 Å². The van der Waals surface area contributed by atoms with Crippen molar-refractivity contribution in [3.05, 3.63) is 29.3 Å². The van der Waals surface area contributed by atoms with E-state index in [1.165, 1.54) is 7.11 Å². The van der Waals surface area contributed by atoms with Crippen LogP contribution in [0.4, 0.5) is 0 Å². The molecule has 4 nitrogen and oxygen atoms in total.